The van der Waals surface area contributed by atoms with Gasteiger partial charge in [-0.15, -0.1) is 0 Å². The van der Waals surface area contributed by atoms with Gasteiger partial charge in [-0.1, -0.05) is 41.1 Å². The van der Waals surface area contributed by atoms with Crippen molar-refractivity contribution in [3.05, 3.63) is 59.1 Å². The number of hydrogen-bond acceptors (Lipinski definition) is 3. The van der Waals surface area contributed by atoms with Gasteiger partial charge in [0, 0.05) is 17.6 Å². The van der Waals surface area contributed by atoms with Crippen LogP contribution in [-0.2, 0) is 14.8 Å². The molecule has 0 unspecified atom stereocenters. The molecule has 1 heterocycles. The van der Waals surface area contributed by atoms with Crippen molar-refractivity contribution < 1.29 is 13.2 Å². The quantitative estimate of drug-likeness (QED) is 0.693. The van der Waals surface area contributed by atoms with Gasteiger partial charge in [-0.05, 0) is 55.2 Å². The van der Waals surface area contributed by atoms with Gasteiger partial charge in [0.25, 0.3) is 10.0 Å². The Hall–Kier alpha value is -1.86. The molecule has 1 saturated heterocycles. The van der Waals surface area contributed by atoms with Gasteiger partial charge in [0.15, 0.2) is 0 Å². The average Bonchev–Trinajstić information content (AvgIpc) is 2.68. The number of rotatable bonds is 5. The predicted octanol–water partition coefficient (Wildman–Crippen LogP) is 3.90. The normalized spacial score (nSPS) is 15.6. The third-order valence-electron chi connectivity index (χ3n) is 4.86. The number of anilines is 1. The Kier molecular flexibility index (Phi) is 6.22. The van der Waals surface area contributed by atoms with E-state index in [4.69, 9.17) is 0 Å². The maximum absolute atomic E-state index is 13.2. The minimum Gasteiger partial charge on any atom is -0.341 e. The number of carbonyl (C=O) groups is 1. The van der Waals surface area contributed by atoms with Crippen LogP contribution >= 0.6 is 15.9 Å². The molecular formula is C20H23BrN2O3S. The molecule has 1 amide bonds. The molecule has 27 heavy (non-hydrogen) atoms. The van der Waals surface area contributed by atoms with Crippen LogP contribution in [0.15, 0.2) is 64.0 Å². The van der Waals surface area contributed by atoms with Gasteiger partial charge in [0.05, 0.1) is 10.6 Å². The molecule has 0 radical (unpaired) electrons. The molecule has 0 aromatic heterocycles. The molecule has 0 saturated carbocycles. The fourth-order valence-electron chi connectivity index (χ4n) is 3.12. The number of carbonyl (C=O) groups excluding carboxylic acids is 1. The van der Waals surface area contributed by atoms with E-state index in [-0.39, 0.29) is 17.3 Å². The van der Waals surface area contributed by atoms with Crippen LogP contribution in [0.2, 0.25) is 0 Å². The van der Waals surface area contributed by atoms with E-state index < -0.39 is 10.0 Å². The van der Waals surface area contributed by atoms with E-state index in [1.807, 2.05) is 0 Å². The zero-order valence-corrected chi connectivity index (χ0v) is 17.6. The van der Waals surface area contributed by atoms with Crippen molar-refractivity contribution >= 4 is 37.5 Å². The summed E-state index contributed by atoms with van der Waals surface area (Å²) in [6.07, 6.45) is 1.91. The first kappa shape index (κ1) is 19.9. The molecule has 0 bridgehead atoms. The Bertz CT molecular complexity index is 877. The minimum absolute atomic E-state index is 0.163. The van der Waals surface area contributed by atoms with E-state index in [9.17, 15) is 13.2 Å². The van der Waals surface area contributed by atoms with Crippen molar-refractivity contribution in [2.24, 2.45) is 5.92 Å². The third kappa shape index (κ3) is 4.71. The van der Waals surface area contributed by atoms with Gasteiger partial charge in [-0.3, -0.25) is 9.10 Å². The van der Waals surface area contributed by atoms with Gasteiger partial charge in [0.2, 0.25) is 5.91 Å². The fraction of sp³-hybridized carbons (Fsp3) is 0.350. The maximum Gasteiger partial charge on any atom is 0.264 e. The molecule has 2 aromatic rings. The second-order valence-electron chi connectivity index (χ2n) is 6.86. The van der Waals surface area contributed by atoms with Gasteiger partial charge in [-0.2, -0.15) is 0 Å². The molecular weight excluding hydrogens is 428 g/mol. The zero-order valence-electron chi connectivity index (χ0n) is 15.2. The number of halogens is 1. The molecule has 0 N–H and O–H groups in total. The van der Waals surface area contributed by atoms with Crippen molar-refractivity contribution in [2.45, 2.75) is 24.7 Å². The van der Waals surface area contributed by atoms with E-state index in [1.165, 1.54) is 4.31 Å². The first-order valence-corrected chi connectivity index (χ1v) is 11.2. The highest BCUT2D eigenvalue weighted by Crippen LogP contribution is 2.26. The molecule has 1 fully saturated rings. The fourth-order valence-corrected chi connectivity index (χ4v) is 4.82. The second-order valence-corrected chi connectivity index (χ2v) is 9.64. The number of amides is 1. The molecule has 1 aliphatic rings. The molecule has 144 valence electrons. The van der Waals surface area contributed by atoms with E-state index in [0.29, 0.717) is 24.7 Å². The lowest BCUT2D eigenvalue weighted by molar-refractivity contribution is -0.130. The number of hydrogen-bond donors (Lipinski definition) is 0. The molecule has 2 aromatic carbocycles. The highest BCUT2D eigenvalue weighted by atomic mass is 79.9. The van der Waals surface area contributed by atoms with Crippen LogP contribution in [-0.4, -0.2) is 38.9 Å². The van der Waals surface area contributed by atoms with Crippen LogP contribution < -0.4 is 4.31 Å². The SMILES string of the molecule is CC1CCN(C(=O)CN(c2ccc(Br)cc2)S(=O)(=O)c2ccccc2)CC1. The first-order valence-electron chi connectivity index (χ1n) is 8.99. The topological polar surface area (TPSA) is 57.7 Å². The summed E-state index contributed by atoms with van der Waals surface area (Å²) in [5, 5.41) is 0. The third-order valence-corrected chi connectivity index (χ3v) is 7.18. The lowest BCUT2D eigenvalue weighted by Gasteiger charge is -2.32. The summed E-state index contributed by atoms with van der Waals surface area (Å²) < 4.78 is 28.5. The number of nitrogens with zero attached hydrogens (tertiary/aromatic N) is 2. The minimum atomic E-state index is -3.84. The van der Waals surface area contributed by atoms with E-state index in [1.54, 1.807) is 59.5 Å². The number of benzene rings is 2. The van der Waals surface area contributed by atoms with Crippen LogP contribution in [0.5, 0.6) is 0 Å². The van der Waals surface area contributed by atoms with Crippen LogP contribution in [0.25, 0.3) is 0 Å². The monoisotopic (exact) mass is 450 g/mol. The van der Waals surface area contributed by atoms with Crippen LogP contribution in [0.3, 0.4) is 0 Å². The largest absolute Gasteiger partial charge is 0.341 e. The summed E-state index contributed by atoms with van der Waals surface area (Å²) in [6.45, 7) is 3.34. The van der Waals surface area contributed by atoms with E-state index in [0.717, 1.165) is 17.3 Å². The van der Waals surface area contributed by atoms with Gasteiger partial charge in [-0.25, -0.2) is 8.42 Å². The molecule has 3 rings (SSSR count). The molecule has 1 aliphatic heterocycles. The van der Waals surface area contributed by atoms with Gasteiger partial charge < -0.3 is 4.90 Å². The lowest BCUT2D eigenvalue weighted by Crippen LogP contribution is -2.45. The van der Waals surface area contributed by atoms with Crippen molar-refractivity contribution in [2.75, 3.05) is 23.9 Å². The summed E-state index contributed by atoms with van der Waals surface area (Å²) >= 11 is 3.37. The van der Waals surface area contributed by atoms with Crippen molar-refractivity contribution in [3.63, 3.8) is 0 Å². The van der Waals surface area contributed by atoms with Crippen LogP contribution in [0.1, 0.15) is 19.8 Å². The summed E-state index contributed by atoms with van der Waals surface area (Å²) in [7, 11) is -3.84. The lowest BCUT2D eigenvalue weighted by atomic mass is 9.99. The van der Waals surface area contributed by atoms with Gasteiger partial charge >= 0.3 is 0 Å². The van der Waals surface area contributed by atoms with E-state index >= 15 is 0 Å². The summed E-state index contributed by atoms with van der Waals surface area (Å²) in [5.41, 5.74) is 0.473. The predicted molar refractivity (Wildman–Crippen MR) is 110 cm³/mol. The maximum atomic E-state index is 13.2. The standard InChI is InChI=1S/C20H23BrN2O3S/c1-16-11-13-22(14-12-16)20(24)15-23(18-9-7-17(21)8-10-18)27(25,26)19-5-3-2-4-6-19/h2-10,16H,11-15H2,1H3. The highest BCUT2D eigenvalue weighted by Gasteiger charge is 2.29. The molecule has 0 atom stereocenters. The molecule has 0 spiro atoms. The van der Waals surface area contributed by atoms with Crippen molar-refractivity contribution in [1.29, 1.82) is 0 Å². The van der Waals surface area contributed by atoms with E-state index in [2.05, 4.69) is 22.9 Å². The highest BCUT2D eigenvalue weighted by molar-refractivity contribution is 9.10. The number of piperidine rings is 1. The smallest absolute Gasteiger partial charge is 0.264 e. The Labute approximate surface area is 169 Å². The summed E-state index contributed by atoms with van der Waals surface area (Å²) in [6, 6.07) is 15.2. The van der Waals surface area contributed by atoms with Crippen molar-refractivity contribution in [3.8, 4) is 0 Å². The Morgan fingerprint density at radius 3 is 2.26 bits per heavy atom. The summed E-state index contributed by atoms with van der Waals surface area (Å²) in [5.74, 6) is 0.439. The number of likely N-dealkylation sites (tertiary alicyclic amines) is 1. The summed E-state index contributed by atoms with van der Waals surface area (Å²) in [4.78, 5) is 14.8. The molecule has 5 nitrogen and oxygen atoms in total. The Morgan fingerprint density at radius 1 is 1.07 bits per heavy atom. The molecule has 0 aliphatic carbocycles. The van der Waals surface area contributed by atoms with Crippen molar-refractivity contribution in [1.82, 2.24) is 4.90 Å². The molecule has 7 heteroatoms. The Balaban J connectivity index is 1.91. The number of sulfonamides is 1. The van der Waals surface area contributed by atoms with Gasteiger partial charge in [0.1, 0.15) is 6.54 Å². The zero-order chi connectivity index (χ0) is 19.4. The average molecular weight is 451 g/mol. The van der Waals surface area contributed by atoms with Crippen LogP contribution in [0.4, 0.5) is 5.69 Å². The first-order chi connectivity index (χ1) is 12.9. The van der Waals surface area contributed by atoms with Crippen LogP contribution in [0, 0.1) is 5.92 Å². The second kappa shape index (κ2) is 8.44. The Morgan fingerprint density at radius 2 is 1.67 bits per heavy atom.